The van der Waals surface area contributed by atoms with Crippen molar-refractivity contribution in [2.75, 3.05) is 12.3 Å². The number of nitrogens with zero attached hydrogens (tertiary/aromatic N) is 2. The second kappa shape index (κ2) is 5.27. The van der Waals surface area contributed by atoms with Crippen molar-refractivity contribution in [1.82, 2.24) is 14.9 Å². The van der Waals surface area contributed by atoms with Gasteiger partial charge in [0.05, 0.1) is 11.0 Å². The molecule has 1 heterocycles. The van der Waals surface area contributed by atoms with Crippen molar-refractivity contribution >= 4 is 34.5 Å². The molecular weight excluding hydrogens is 252 g/mol. The van der Waals surface area contributed by atoms with Gasteiger partial charge in [0.25, 0.3) is 0 Å². The van der Waals surface area contributed by atoms with Crippen LogP contribution in [0.25, 0.3) is 11.0 Å². The number of fused-ring (bicyclic) bond motifs is 1. The lowest BCUT2D eigenvalue weighted by Crippen LogP contribution is -2.24. The first-order chi connectivity index (χ1) is 8.61. The van der Waals surface area contributed by atoms with E-state index < -0.39 is 0 Å². The van der Waals surface area contributed by atoms with E-state index in [4.69, 9.17) is 17.3 Å². The Morgan fingerprint density at radius 2 is 2.33 bits per heavy atom. The van der Waals surface area contributed by atoms with E-state index in [0.29, 0.717) is 30.5 Å². The van der Waals surface area contributed by atoms with Gasteiger partial charge in [0.2, 0.25) is 11.9 Å². The van der Waals surface area contributed by atoms with Crippen molar-refractivity contribution in [2.45, 2.75) is 19.9 Å². The SMILES string of the molecule is CCNC(=O)CCn1c(N)nc2cc(Cl)ccc21. The van der Waals surface area contributed by atoms with Crippen LogP contribution >= 0.6 is 11.6 Å². The molecule has 0 radical (unpaired) electrons. The van der Waals surface area contributed by atoms with E-state index in [1.165, 1.54) is 0 Å². The summed E-state index contributed by atoms with van der Waals surface area (Å²) >= 11 is 5.89. The van der Waals surface area contributed by atoms with Gasteiger partial charge in [-0.25, -0.2) is 4.98 Å². The number of benzene rings is 1. The number of carbonyl (C=O) groups is 1. The number of rotatable bonds is 4. The molecule has 0 aliphatic rings. The molecular formula is C12H15ClN4O. The molecule has 0 aliphatic heterocycles. The number of aryl methyl sites for hydroxylation is 1. The maximum Gasteiger partial charge on any atom is 0.221 e. The molecule has 2 aromatic rings. The first-order valence-electron chi connectivity index (χ1n) is 5.79. The van der Waals surface area contributed by atoms with Crippen LogP contribution in [0.1, 0.15) is 13.3 Å². The summed E-state index contributed by atoms with van der Waals surface area (Å²) in [4.78, 5) is 15.7. The summed E-state index contributed by atoms with van der Waals surface area (Å²) in [5.74, 6) is 0.407. The summed E-state index contributed by atoms with van der Waals surface area (Å²) in [5, 5.41) is 3.37. The highest BCUT2D eigenvalue weighted by Gasteiger charge is 2.09. The Labute approximate surface area is 110 Å². The second-order valence-corrected chi connectivity index (χ2v) is 4.39. The smallest absolute Gasteiger partial charge is 0.221 e. The first-order valence-corrected chi connectivity index (χ1v) is 6.17. The molecule has 3 N–H and O–H groups in total. The molecule has 0 atom stereocenters. The average molecular weight is 267 g/mol. The molecule has 5 nitrogen and oxygen atoms in total. The van der Waals surface area contributed by atoms with Crippen LogP contribution in [0.5, 0.6) is 0 Å². The molecule has 1 amide bonds. The lowest BCUT2D eigenvalue weighted by molar-refractivity contribution is -0.121. The van der Waals surface area contributed by atoms with Gasteiger partial charge in [0, 0.05) is 24.5 Å². The van der Waals surface area contributed by atoms with Gasteiger partial charge in [-0.2, -0.15) is 0 Å². The zero-order chi connectivity index (χ0) is 13.1. The maximum atomic E-state index is 11.4. The van der Waals surface area contributed by atoms with Gasteiger partial charge in [-0.05, 0) is 25.1 Å². The Balaban J connectivity index is 2.22. The van der Waals surface area contributed by atoms with Crippen molar-refractivity contribution in [2.24, 2.45) is 0 Å². The van der Waals surface area contributed by atoms with Gasteiger partial charge in [-0.1, -0.05) is 11.6 Å². The van der Waals surface area contributed by atoms with Crippen LogP contribution < -0.4 is 11.1 Å². The minimum atomic E-state index is 0.00714. The number of nitrogen functional groups attached to an aromatic ring is 1. The molecule has 18 heavy (non-hydrogen) atoms. The quantitative estimate of drug-likeness (QED) is 0.886. The highest BCUT2D eigenvalue weighted by atomic mass is 35.5. The number of nitrogens with one attached hydrogen (secondary N) is 1. The third kappa shape index (κ3) is 2.56. The van der Waals surface area contributed by atoms with E-state index in [1.807, 2.05) is 17.6 Å². The average Bonchev–Trinajstić information content (AvgIpc) is 2.61. The van der Waals surface area contributed by atoms with Crippen molar-refractivity contribution in [3.8, 4) is 0 Å². The summed E-state index contributed by atoms with van der Waals surface area (Å²) < 4.78 is 1.82. The summed E-state index contributed by atoms with van der Waals surface area (Å²) in [6.07, 6.45) is 0.381. The standard InChI is InChI=1S/C12H15ClN4O/c1-2-15-11(18)5-6-17-10-4-3-8(13)7-9(10)16-12(17)14/h3-4,7H,2,5-6H2,1H3,(H2,14,16)(H,15,18). The third-order valence-corrected chi connectivity index (χ3v) is 2.91. The molecule has 96 valence electrons. The normalized spacial score (nSPS) is 10.8. The molecule has 0 saturated carbocycles. The maximum absolute atomic E-state index is 11.4. The van der Waals surface area contributed by atoms with E-state index in [2.05, 4.69) is 10.3 Å². The van der Waals surface area contributed by atoms with Crippen molar-refractivity contribution in [1.29, 1.82) is 0 Å². The van der Waals surface area contributed by atoms with E-state index in [0.717, 1.165) is 11.0 Å². The zero-order valence-electron chi connectivity index (χ0n) is 10.1. The second-order valence-electron chi connectivity index (χ2n) is 3.96. The van der Waals surface area contributed by atoms with Crippen molar-refractivity contribution in [3.05, 3.63) is 23.2 Å². The van der Waals surface area contributed by atoms with Gasteiger partial charge in [0.1, 0.15) is 0 Å². The number of anilines is 1. The highest BCUT2D eigenvalue weighted by Crippen LogP contribution is 2.21. The Kier molecular flexibility index (Phi) is 3.72. The van der Waals surface area contributed by atoms with Gasteiger partial charge in [-0.15, -0.1) is 0 Å². The predicted octanol–water partition coefficient (Wildman–Crippen LogP) is 1.80. The molecule has 0 spiro atoms. The molecule has 0 fully saturated rings. The van der Waals surface area contributed by atoms with Gasteiger partial charge < -0.3 is 15.6 Å². The Bertz CT molecular complexity index is 579. The number of aromatic nitrogens is 2. The number of carbonyl (C=O) groups excluding carboxylic acids is 1. The zero-order valence-corrected chi connectivity index (χ0v) is 10.9. The number of amides is 1. The van der Waals surface area contributed by atoms with Crippen LogP contribution in [-0.2, 0) is 11.3 Å². The Morgan fingerprint density at radius 3 is 3.06 bits per heavy atom. The summed E-state index contributed by atoms with van der Waals surface area (Å²) in [6, 6.07) is 5.40. The lowest BCUT2D eigenvalue weighted by Gasteiger charge is -2.06. The van der Waals surface area contributed by atoms with Crippen LogP contribution in [0.15, 0.2) is 18.2 Å². The largest absolute Gasteiger partial charge is 0.369 e. The molecule has 6 heteroatoms. The van der Waals surface area contributed by atoms with Gasteiger partial charge >= 0.3 is 0 Å². The van der Waals surface area contributed by atoms with Crippen LogP contribution in [0.2, 0.25) is 5.02 Å². The number of hydrogen-bond donors (Lipinski definition) is 2. The lowest BCUT2D eigenvalue weighted by atomic mass is 10.3. The fraction of sp³-hybridized carbons (Fsp3) is 0.333. The third-order valence-electron chi connectivity index (χ3n) is 2.68. The van der Waals surface area contributed by atoms with Crippen LogP contribution in [0, 0.1) is 0 Å². The molecule has 1 aromatic carbocycles. The molecule has 0 aliphatic carbocycles. The summed E-state index contributed by atoms with van der Waals surface area (Å²) in [5.41, 5.74) is 7.48. The van der Waals surface area contributed by atoms with Crippen molar-refractivity contribution < 1.29 is 4.79 Å². The fourth-order valence-corrected chi connectivity index (χ4v) is 2.02. The van der Waals surface area contributed by atoms with Crippen LogP contribution in [0.4, 0.5) is 5.95 Å². The first kappa shape index (κ1) is 12.7. The summed E-state index contributed by atoms with van der Waals surface area (Å²) in [6.45, 7) is 3.03. The molecule has 0 saturated heterocycles. The number of halogens is 1. The van der Waals surface area contributed by atoms with E-state index >= 15 is 0 Å². The van der Waals surface area contributed by atoms with Crippen LogP contribution in [0.3, 0.4) is 0 Å². The number of hydrogen-bond acceptors (Lipinski definition) is 3. The van der Waals surface area contributed by atoms with E-state index in [9.17, 15) is 4.79 Å². The molecule has 2 rings (SSSR count). The van der Waals surface area contributed by atoms with E-state index in [-0.39, 0.29) is 5.91 Å². The monoisotopic (exact) mass is 266 g/mol. The Morgan fingerprint density at radius 1 is 1.56 bits per heavy atom. The molecule has 0 bridgehead atoms. The van der Waals surface area contributed by atoms with Gasteiger partial charge in [0.15, 0.2) is 0 Å². The number of nitrogens with two attached hydrogens (primary N) is 1. The minimum Gasteiger partial charge on any atom is -0.369 e. The van der Waals surface area contributed by atoms with Crippen LogP contribution in [-0.4, -0.2) is 22.0 Å². The summed E-state index contributed by atoms with van der Waals surface area (Å²) in [7, 11) is 0. The minimum absolute atomic E-state index is 0.00714. The molecule has 0 unspecified atom stereocenters. The molecule has 1 aromatic heterocycles. The number of imidazole rings is 1. The highest BCUT2D eigenvalue weighted by molar-refractivity contribution is 6.31. The van der Waals surface area contributed by atoms with Gasteiger partial charge in [-0.3, -0.25) is 4.79 Å². The fourth-order valence-electron chi connectivity index (χ4n) is 1.86. The van der Waals surface area contributed by atoms with E-state index in [1.54, 1.807) is 12.1 Å². The topological polar surface area (TPSA) is 72.9 Å². The Hall–Kier alpha value is -1.75. The van der Waals surface area contributed by atoms with Crippen molar-refractivity contribution in [3.63, 3.8) is 0 Å². The predicted molar refractivity (Wildman–Crippen MR) is 72.5 cm³/mol.